The van der Waals surface area contributed by atoms with Crippen LogP contribution in [0, 0.1) is 5.92 Å². The predicted molar refractivity (Wildman–Crippen MR) is 115 cm³/mol. The van der Waals surface area contributed by atoms with Gasteiger partial charge in [0.05, 0.1) is 19.1 Å². The Labute approximate surface area is 184 Å². The van der Waals surface area contributed by atoms with Crippen molar-refractivity contribution >= 4 is 21.9 Å². The van der Waals surface area contributed by atoms with Crippen LogP contribution in [0.25, 0.3) is 11.1 Å². The molecule has 1 fully saturated rings. The number of ether oxygens (including phenoxy) is 1. The van der Waals surface area contributed by atoms with Gasteiger partial charge in [-0.15, -0.1) is 0 Å². The van der Waals surface area contributed by atoms with Crippen LogP contribution in [0.3, 0.4) is 0 Å². The minimum Gasteiger partial charge on any atom is -0.469 e. The van der Waals surface area contributed by atoms with Crippen molar-refractivity contribution in [3.8, 4) is 11.1 Å². The fraction of sp³-hybridized carbons (Fsp3) is 0.458. The molecule has 30 heavy (non-hydrogen) atoms. The Morgan fingerprint density at radius 2 is 1.77 bits per heavy atom. The Bertz CT molecular complexity index is 856. The van der Waals surface area contributed by atoms with Crippen LogP contribution >= 0.6 is 15.9 Å². The summed E-state index contributed by atoms with van der Waals surface area (Å²) in [5, 5.41) is 0. The third-order valence-corrected chi connectivity index (χ3v) is 6.69. The standard InChI is InChI=1S/C24H26BrF3O2/c1-30-23(29)15-17-7-12-20(22(25)14-16-5-3-2-4-6-16)21(13-17)18-8-10-19(11-9-18)24(26,27)28/h7-13,16,22H,2-6,14-15H2,1H3. The maximum atomic E-state index is 13.0. The number of carbonyl (C=O) groups excluding carboxylic acids is 1. The fourth-order valence-electron chi connectivity index (χ4n) is 4.16. The Balaban J connectivity index is 1.93. The molecule has 3 rings (SSSR count). The van der Waals surface area contributed by atoms with Gasteiger partial charge in [-0.3, -0.25) is 4.79 Å². The summed E-state index contributed by atoms with van der Waals surface area (Å²) >= 11 is 3.83. The van der Waals surface area contributed by atoms with E-state index in [0.717, 1.165) is 35.2 Å². The normalized spacial score (nSPS) is 16.3. The van der Waals surface area contributed by atoms with Gasteiger partial charge in [0.15, 0.2) is 0 Å². The van der Waals surface area contributed by atoms with E-state index in [1.54, 1.807) is 0 Å². The summed E-state index contributed by atoms with van der Waals surface area (Å²) in [4.78, 5) is 11.8. The van der Waals surface area contributed by atoms with Gasteiger partial charge in [-0.1, -0.05) is 78.4 Å². The second-order valence-corrected chi connectivity index (χ2v) is 9.06. The Kier molecular flexibility index (Phi) is 7.61. The van der Waals surface area contributed by atoms with E-state index in [1.165, 1.54) is 51.3 Å². The van der Waals surface area contributed by atoms with Gasteiger partial charge in [0, 0.05) is 4.83 Å². The largest absolute Gasteiger partial charge is 0.469 e. The highest BCUT2D eigenvalue weighted by Crippen LogP contribution is 2.41. The summed E-state index contributed by atoms with van der Waals surface area (Å²) in [5.41, 5.74) is 2.70. The monoisotopic (exact) mass is 482 g/mol. The van der Waals surface area contributed by atoms with E-state index in [9.17, 15) is 18.0 Å². The molecule has 0 heterocycles. The van der Waals surface area contributed by atoms with Crippen molar-refractivity contribution in [2.24, 2.45) is 5.92 Å². The Morgan fingerprint density at radius 3 is 2.37 bits per heavy atom. The highest BCUT2D eigenvalue weighted by atomic mass is 79.9. The molecule has 1 aliphatic rings. The third-order valence-electron chi connectivity index (χ3n) is 5.82. The van der Waals surface area contributed by atoms with Crippen LogP contribution in [-0.2, 0) is 22.1 Å². The Morgan fingerprint density at radius 1 is 1.10 bits per heavy atom. The molecule has 162 valence electrons. The number of halogens is 4. The van der Waals surface area contributed by atoms with E-state index in [0.29, 0.717) is 11.5 Å². The first-order chi connectivity index (χ1) is 14.3. The zero-order chi connectivity index (χ0) is 21.7. The first-order valence-electron chi connectivity index (χ1n) is 10.3. The lowest BCUT2D eigenvalue weighted by molar-refractivity contribution is -0.140. The van der Waals surface area contributed by atoms with Crippen LogP contribution in [0.2, 0.25) is 0 Å². The summed E-state index contributed by atoms with van der Waals surface area (Å²) in [6, 6.07) is 11.0. The molecule has 0 amide bonds. The van der Waals surface area contributed by atoms with Gasteiger partial charge in [-0.2, -0.15) is 13.2 Å². The van der Waals surface area contributed by atoms with E-state index in [2.05, 4.69) is 15.9 Å². The molecule has 1 unspecified atom stereocenters. The highest BCUT2D eigenvalue weighted by Gasteiger charge is 2.30. The van der Waals surface area contributed by atoms with Crippen LogP contribution in [0.4, 0.5) is 13.2 Å². The second-order valence-electron chi connectivity index (χ2n) is 7.96. The third kappa shape index (κ3) is 5.87. The van der Waals surface area contributed by atoms with E-state index in [-0.39, 0.29) is 17.2 Å². The smallest absolute Gasteiger partial charge is 0.416 e. The highest BCUT2D eigenvalue weighted by molar-refractivity contribution is 9.09. The number of hydrogen-bond donors (Lipinski definition) is 0. The quantitative estimate of drug-likeness (QED) is 0.314. The van der Waals surface area contributed by atoms with Crippen LogP contribution < -0.4 is 0 Å². The zero-order valence-corrected chi connectivity index (χ0v) is 18.6. The van der Waals surface area contributed by atoms with Gasteiger partial charge < -0.3 is 4.74 Å². The molecule has 2 nitrogen and oxygen atoms in total. The SMILES string of the molecule is COC(=O)Cc1ccc(C(Br)CC2CCCCC2)c(-c2ccc(C(F)(F)F)cc2)c1. The van der Waals surface area contributed by atoms with Crippen LogP contribution in [0.1, 0.15) is 60.0 Å². The number of hydrogen-bond acceptors (Lipinski definition) is 2. The Hall–Kier alpha value is -1.82. The van der Waals surface area contributed by atoms with Gasteiger partial charge in [-0.25, -0.2) is 0 Å². The van der Waals surface area contributed by atoms with Crippen LogP contribution in [-0.4, -0.2) is 13.1 Å². The zero-order valence-electron chi connectivity index (χ0n) is 17.0. The van der Waals surface area contributed by atoms with Crippen molar-refractivity contribution in [2.75, 3.05) is 7.11 Å². The molecule has 2 aromatic carbocycles. The maximum Gasteiger partial charge on any atom is 0.416 e. The number of alkyl halides is 4. The van der Waals surface area contributed by atoms with Crippen LogP contribution in [0.5, 0.6) is 0 Å². The minimum atomic E-state index is -4.37. The van der Waals surface area contributed by atoms with E-state index in [1.807, 2.05) is 18.2 Å². The molecule has 2 aromatic rings. The first-order valence-corrected chi connectivity index (χ1v) is 11.2. The number of carbonyl (C=O) groups is 1. The number of esters is 1. The molecule has 6 heteroatoms. The fourth-order valence-corrected chi connectivity index (χ4v) is 5.08. The van der Waals surface area contributed by atoms with Gasteiger partial charge in [0.1, 0.15) is 0 Å². The predicted octanol–water partition coefficient (Wildman–Crippen LogP) is 7.49. The number of rotatable bonds is 6. The summed E-state index contributed by atoms with van der Waals surface area (Å²) < 4.78 is 43.7. The molecule has 1 saturated carbocycles. The maximum absolute atomic E-state index is 13.0. The van der Waals surface area contributed by atoms with Crippen molar-refractivity contribution in [2.45, 2.75) is 55.9 Å². The summed E-state index contributed by atoms with van der Waals surface area (Å²) in [7, 11) is 1.34. The molecule has 0 bridgehead atoms. The van der Waals surface area contributed by atoms with Crippen molar-refractivity contribution < 1.29 is 22.7 Å². The van der Waals surface area contributed by atoms with Crippen molar-refractivity contribution in [1.82, 2.24) is 0 Å². The first kappa shape index (κ1) is 22.9. The molecular weight excluding hydrogens is 457 g/mol. The number of methoxy groups -OCH3 is 1. The molecule has 1 atom stereocenters. The molecule has 0 N–H and O–H groups in total. The second kappa shape index (κ2) is 9.99. The topological polar surface area (TPSA) is 26.3 Å². The van der Waals surface area contributed by atoms with Gasteiger partial charge >= 0.3 is 12.1 Å². The lowest BCUT2D eigenvalue weighted by atomic mass is 9.84. The molecule has 0 aromatic heterocycles. The van der Waals surface area contributed by atoms with E-state index < -0.39 is 11.7 Å². The molecule has 0 aliphatic heterocycles. The summed E-state index contributed by atoms with van der Waals surface area (Å²) in [6.45, 7) is 0. The molecule has 0 spiro atoms. The van der Waals surface area contributed by atoms with Crippen molar-refractivity contribution in [3.63, 3.8) is 0 Å². The van der Waals surface area contributed by atoms with Gasteiger partial charge in [0.2, 0.25) is 0 Å². The molecule has 0 radical (unpaired) electrons. The summed E-state index contributed by atoms with van der Waals surface area (Å²) in [5.74, 6) is 0.303. The lowest BCUT2D eigenvalue weighted by Gasteiger charge is -2.25. The molecule has 1 aliphatic carbocycles. The van der Waals surface area contributed by atoms with Crippen molar-refractivity contribution in [1.29, 1.82) is 0 Å². The van der Waals surface area contributed by atoms with Crippen molar-refractivity contribution in [3.05, 3.63) is 59.2 Å². The average Bonchev–Trinajstić information content (AvgIpc) is 2.73. The lowest BCUT2D eigenvalue weighted by Crippen LogP contribution is -2.10. The van der Waals surface area contributed by atoms with Gasteiger partial charge in [0.25, 0.3) is 0 Å². The van der Waals surface area contributed by atoms with E-state index in [4.69, 9.17) is 4.74 Å². The minimum absolute atomic E-state index is 0.102. The molecule has 0 saturated heterocycles. The van der Waals surface area contributed by atoms with Gasteiger partial charge in [-0.05, 0) is 46.7 Å². The molecular formula is C24H26BrF3O2. The summed E-state index contributed by atoms with van der Waals surface area (Å²) in [6.07, 6.45) is 3.00. The van der Waals surface area contributed by atoms with E-state index >= 15 is 0 Å². The number of benzene rings is 2. The average molecular weight is 483 g/mol. The van der Waals surface area contributed by atoms with Crippen LogP contribution in [0.15, 0.2) is 42.5 Å².